The largest absolute Gasteiger partial charge is 0.384 e. The molecule has 1 aromatic carbocycles. The van der Waals surface area contributed by atoms with Gasteiger partial charge in [0, 0.05) is 16.8 Å². The summed E-state index contributed by atoms with van der Waals surface area (Å²) in [5.41, 5.74) is 2.24. The lowest BCUT2D eigenvalue weighted by molar-refractivity contribution is 0.244. The number of amides is 2. The van der Waals surface area contributed by atoms with Crippen LogP contribution in [0.5, 0.6) is 0 Å². The van der Waals surface area contributed by atoms with Crippen LogP contribution in [0.3, 0.4) is 0 Å². The van der Waals surface area contributed by atoms with Crippen LogP contribution in [0.2, 0.25) is 0 Å². The zero-order valence-electron chi connectivity index (χ0n) is 11.8. The fourth-order valence-electron chi connectivity index (χ4n) is 1.52. The summed E-state index contributed by atoms with van der Waals surface area (Å²) in [4.78, 5) is 11.7. The van der Waals surface area contributed by atoms with Gasteiger partial charge in [0.05, 0.1) is 0 Å². The Balaban J connectivity index is 2.76. The number of rotatable bonds is 1. The molecular weight excluding hydrogens is 240 g/mol. The highest BCUT2D eigenvalue weighted by Gasteiger charge is 2.13. The average Bonchev–Trinajstić information content (AvgIpc) is 2.25. The lowest BCUT2D eigenvalue weighted by Gasteiger charge is -2.20. The van der Waals surface area contributed by atoms with E-state index in [1.165, 1.54) is 0 Å². The summed E-state index contributed by atoms with van der Waals surface area (Å²) in [5, 5.41) is 14.3. The van der Waals surface area contributed by atoms with Crippen molar-refractivity contribution in [2.75, 3.05) is 11.9 Å². The summed E-state index contributed by atoms with van der Waals surface area (Å²) in [6.45, 7) is 7.52. The highest BCUT2D eigenvalue weighted by Crippen LogP contribution is 2.14. The first-order chi connectivity index (χ1) is 8.81. The molecule has 0 aliphatic heterocycles. The first-order valence-electron chi connectivity index (χ1n) is 6.11. The van der Waals surface area contributed by atoms with Gasteiger partial charge >= 0.3 is 6.03 Å². The van der Waals surface area contributed by atoms with E-state index in [2.05, 4.69) is 22.5 Å². The van der Waals surface area contributed by atoms with Crippen LogP contribution in [0.4, 0.5) is 10.5 Å². The molecule has 0 spiro atoms. The molecule has 0 fully saturated rings. The van der Waals surface area contributed by atoms with E-state index in [0.717, 1.165) is 11.1 Å². The van der Waals surface area contributed by atoms with Crippen molar-refractivity contribution in [1.82, 2.24) is 5.32 Å². The van der Waals surface area contributed by atoms with Crippen molar-refractivity contribution >= 4 is 11.7 Å². The maximum atomic E-state index is 11.7. The number of hydrogen-bond acceptors (Lipinski definition) is 2. The molecule has 0 saturated carbocycles. The molecule has 0 bridgehead atoms. The van der Waals surface area contributed by atoms with E-state index in [9.17, 15) is 4.79 Å². The van der Waals surface area contributed by atoms with Gasteiger partial charge in [-0.05, 0) is 51.5 Å². The van der Waals surface area contributed by atoms with Crippen LogP contribution < -0.4 is 10.6 Å². The molecule has 0 aliphatic carbocycles. The van der Waals surface area contributed by atoms with E-state index in [-0.39, 0.29) is 18.2 Å². The van der Waals surface area contributed by atoms with E-state index in [1.807, 2.05) is 39.8 Å². The van der Waals surface area contributed by atoms with Crippen molar-refractivity contribution in [2.24, 2.45) is 0 Å². The van der Waals surface area contributed by atoms with Crippen LogP contribution in [0, 0.1) is 18.8 Å². The summed E-state index contributed by atoms with van der Waals surface area (Å²) >= 11 is 0. The fraction of sp³-hybridized carbons (Fsp3) is 0.400. The Morgan fingerprint density at radius 3 is 2.58 bits per heavy atom. The number of aliphatic hydroxyl groups excluding tert-OH is 1. The Morgan fingerprint density at radius 2 is 2.05 bits per heavy atom. The van der Waals surface area contributed by atoms with Gasteiger partial charge in [-0.3, -0.25) is 0 Å². The molecule has 1 aromatic rings. The molecule has 0 heterocycles. The van der Waals surface area contributed by atoms with Crippen LogP contribution in [0.1, 0.15) is 31.9 Å². The number of benzene rings is 1. The van der Waals surface area contributed by atoms with Crippen LogP contribution in [-0.2, 0) is 0 Å². The van der Waals surface area contributed by atoms with Gasteiger partial charge in [0.2, 0.25) is 0 Å². The van der Waals surface area contributed by atoms with Crippen LogP contribution in [0.25, 0.3) is 0 Å². The molecule has 0 atom stereocenters. The number of aryl methyl sites for hydroxylation is 1. The van der Waals surface area contributed by atoms with Crippen LogP contribution >= 0.6 is 0 Å². The van der Waals surface area contributed by atoms with E-state index in [1.54, 1.807) is 6.07 Å². The first kappa shape index (κ1) is 15.1. The molecule has 4 heteroatoms. The molecule has 2 amide bonds. The molecule has 0 saturated heterocycles. The molecule has 1 rings (SSSR count). The summed E-state index contributed by atoms with van der Waals surface area (Å²) < 4.78 is 0. The predicted molar refractivity (Wildman–Crippen MR) is 77.1 cm³/mol. The SMILES string of the molecule is Cc1cc(NC(=O)NC(C)(C)C)ccc1C#CCO. The first-order valence-corrected chi connectivity index (χ1v) is 6.11. The van der Waals surface area contributed by atoms with Gasteiger partial charge in [0.1, 0.15) is 6.61 Å². The minimum Gasteiger partial charge on any atom is -0.384 e. The van der Waals surface area contributed by atoms with Gasteiger partial charge < -0.3 is 15.7 Å². The summed E-state index contributed by atoms with van der Waals surface area (Å²) in [7, 11) is 0. The maximum Gasteiger partial charge on any atom is 0.319 e. The zero-order valence-corrected chi connectivity index (χ0v) is 11.8. The number of aliphatic hydroxyl groups is 1. The molecule has 0 aliphatic rings. The number of carbonyl (C=O) groups excluding carboxylic acids is 1. The van der Waals surface area contributed by atoms with Gasteiger partial charge in [-0.2, -0.15) is 0 Å². The van der Waals surface area contributed by atoms with Crippen molar-refractivity contribution in [3.63, 3.8) is 0 Å². The molecule has 19 heavy (non-hydrogen) atoms. The minimum absolute atomic E-state index is 0.159. The van der Waals surface area contributed by atoms with Crippen LogP contribution in [0.15, 0.2) is 18.2 Å². The molecule has 0 radical (unpaired) electrons. The summed E-state index contributed by atoms with van der Waals surface area (Å²) in [6.07, 6.45) is 0. The van der Waals surface area contributed by atoms with Gasteiger partial charge in [0.15, 0.2) is 0 Å². The van der Waals surface area contributed by atoms with E-state index in [4.69, 9.17) is 5.11 Å². The van der Waals surface area contributed by atoms with E-state index >= 15 is 0 Å². The third-order valence-corrected chi connectivity index (χ3v) is 2.27. The van der Waals surface area contributed by atoms with Crippen molar-refractivity contribution in [2.45, 2.75) is 33.2 Å². The van der Waals surface area contributed by atoms with Crippen molar-refractivity contribution in [1.29, 1.82) is 0 Å². The average molecular weight is 260 g/mol. The highest BCUT2D eigenvalue weighted by molar-refractivity contribution is 5.89. The molecule has 4 nitrogen and oxygen atoms in total. The molecular formula is C15H20N2O2. The van der Waals surface area contributed by atoms with Gasteiger partial charge in [-0.15, -0.1) is 0 Å². The summed E-state index contributed by atoms with van der Waals surface area (Å²) in [5.74, 6) is 5.46. The Bertz CT molecular complexity index is 519. The number of carbonyl (C=O) groups is 1. The van der Waals surface area contributed by atoms with Crippen molar-refractivity contribution < 1.29 is 9.90 Å². The van der Waals surface area contributed by atoms with Crippen LogP contribution in [-0.4, -0.2) is 23.3 Å². The predicted octanol–water partition coefficient (Wildman–Crippen LogP) is 2.26. The molecule has 0 unspecified atom stereocenters. The lowest BCUT2D eigenvalue weighted by atomic mass is 10.1. The second-order valence-electron chi connectivity index (χ2n) is 5.32. The smallest absolute Gasteiger partial charge is 0.319 e. The number of hydrogen-bond donors (Lipinski definition) is 3. The number of nitrogens with one attached hydrogen (secondary N) is 2. The Morgan fingerprint density at radius 1 is 1.37 bits per heavy atom. The minimum atomic E-state index is -0.272. The molecule has 0 aromatic heterocycles. The second-order valence-corrected chi connectivity index (χ2v) is 5.32. The standard InChI is InChI=1S/C15H20N2O2/c1-11-10-13(8-7-12(11)6-5-9-18)16-14(19)17-15(2,3)4/h7-8,10,18H,9H2,1-4H3,(H2,16,17,19). The normalized spacial score (nSPS) is 10.4. The molecule has 3 N–H and O–H groups in total. The third-order valence-electron chi connectivity index (χ3n) is 2.27. The topological polar surface area (TPSA) is 61.4 Å². The Labute approximate surface area is 114 Å². The lowest BCUT2D eigenvalue weighted by Crippen LogP contribution is -2.43. The monoisotopic (exact) mass is 260 g/mol. The second kappa shape index (κ2) is 6.26. The quantitative estimate of drug-likeness (QED) is 0.678. The third kappa shape index (κ3) is 5.45. The highest BCUT2D eigenvalue weighted by atomic mass is 16.2. The maximum absolute atomic E-state index is 11.7. The Hall–Kier alpha value is -1.99. The van der Waals surface area contributed by atoms with Crippen molar-refractivity contribution in [3.05, 3.63) is 29.3 Å². The number of anilines is 1. The summed E-state index contributed by atoms with van der Waals surface area (Å²) in [6, 6.07) is 5.23. The zero-order chi connectivity index (χ0) is 14.5. The van der Waals surface area contributed by atoms with Gasteiger partial charge in [0.25, 0.3) is 0 Å². The van der Waals surface area contributed by atoms with Gasteiger partial charge in [-0.1, -0.05) is 11.8 Å². The van der Waals surface area contributed by atoms with Gasteiger partial charge in [-0.25, -0.2) is 4.79 Å². The Kier molecular flexibility index (Phi) is 4.96. The van der Waals surface area contributed by atoms with Crippen molar-refractivity contribution in [3.8, 4) is 11.8 Å². The molecule has 102 valence electrons. The fourth-order valence-corrected chi connectivity index (χ4v) is 1.52. The van der Waals surface area contributed by atoms with E-state index < -0.39 is 0 Å². The van der Waals surface area contributed by atoms with E-state index in [0.29, 0.717) is 5.69 Å². The number of urea groups is 1.